The van der Waals surface area contributed by atoms with Crippen molar-refractivity contribution in [1.29, 1.82) is 0 Å². The minimum atomic E-state index is -2.83. The topological polar surface area (TPSA) is 73.9 Å². The molecule has 0 atom stereocenters. The first kappa shape index (κ1) is 16.1. The van der Waals surface area contributed by atoms with Gasteiger partial charge in [0.05, 0.1) is 16.7 Å². The minimum Gasteiger partial charge on any atom is -0.496 e. The minimum absolute atomic E-state index is 0.0709. The first-order valence-corrected chi connectivity index (χ1v) is 8.06. The van der Waals surface area contributed by atoms with Gasteiger partial charge in [-0.3, -0.25) is 10.1 Å². The molecule has 0 aromatic heterocycles. The van der Waals surface area contributed by atoms with E-state index in [2.05, 4.69) is 10.1 Å². The van der Waals surface area contributed by atoms with E-state index >= 15 is 0 Å². The molecule has 27 heavy (non-hydrogen) atoms. The van der Waals surface area contributed by atoms with Crippen LogP contribution in [-0.2, 0) is 11.3 Å². The number of benzene rings is 2. The van der Waals surface area contributed by atoms with E-state index in [1.807, 2.05) is 0 Å². The number of carbonyl (C=O) groups excluding carboxylic acids is 2. The van der Waals surface area contributed by atoms with E-state index in [0.29, 0.717) is 11.3 Å². The quantitative estimate of drug-likeness (QED) is 0.745. The first-order valence-electron chi connectivity index (χ1n) is 9.56. The summed E-state index contributed by atoms with van der Waals surface area (Å²) in [5.74, 6) is -1.69. The van der Waals surface area contributed by atoms with Gasteiger partial charge in [0, 0.05) is 5.69 Å². The molecule has 0 heterocycles. The summed E-state index contributed by atoms with van der Waals surface area (Å²) < 4.78 is 51.0. The van der Waals surface area contributed by atoms with Gasteiger partial charge >= 0.3 is 6.09 Å². The van der Waals surface area contributed by atoms with E-state index in [-0.39, 0.29) is 18.6 Å². The van der Waals surface area contributed by atoms with Crippen molar-refractivity contribution in [2.45, 2.75) is 33.0 Å². The van der Waals surface area contributed by atoms with E-state index in [1.54, 1.807) is 45.0 Å². The zero-order chi connectivity index (χ0) is 22.5. The lowest BCUT2D eigenvalue weighted by Crippen LogP contribution is -2.27. The number of rotatable bonds is 6. The molecule has 0 unspecified atom stereocenters. The van der Waals surface area contributed by atoms with Crippen LogP contribution in [0.15, 0.2) is 36.4 Å². The van der Waals surface area contributed by atoms with Crippen molar-refractivity contribution in [2.24, 2.45) is 0 Å². The lowest BCUT2D eigenvalue weighted by atomic mass is 10.2. The second-order valence-electron chi connectivity index (χ2n) is 6.63. The van der Waals surface area contributed by atoms with Gasteiger partial charge in [-0.15, -0.1) is 0 Å². The van der Waals surface area contributed by atoms with Crippen molar-refractivity contribution in [1.82, 2.24) is 0 Å². The summed E-state index contributed by atoms with van der Waals surface area (Å²) in [5, 5.41) is 2.59. The first-order chi connectivity index (χ1) is 13.9. The molecule has 0 fully saturated rings. The highest BCUT2D eigenvalue weighted by molar-refractivity contribution is 5.85. The third-order valence-electron chi connectivity index (χ3n) is 3.30. The van der Waals surface area contributed by atoms with Gasteiger partial charge in [0.1, 0.15) is 18.0 Å². The van der Waals surface area contributed by atoms with Crippen LogP contribution in [0.5, 0.6) is 11.5 Å². The van der Waals surface area contributed by atoms with Crippen LogP contribution in [0.2, 0.25) is 0 Å². The van der Waals surface area contributed by atoms with Gasteiger partial charge in [-0.1, -0.05) is 12.1 Å². The fourth-order valence-electron chi connectivity index (χ4n) is 2.19. The van der Waals surface area contributed by atoms with Crippen molar-refractivity contribution in [3.8, 4) is 11.5 Å². The second-order valence-corrected chi connectivity index (χ2v) is 6.63. The maximum atomic E-state index is 14.5. The number of anilines is 1. The van der Waals surface area contributed by atoms with Gasteiger partial charge in [0.25, 0.3) is 0 Å². The standard InChI is InChI=1S/C20H22FNO5/c1-20(2,3)27-19(24)22-14-7-5-6-13(10-14)12-26-17-9-8-16(25-4)15(11-23)18(17)21/h5-11H,12H2,1-4H3,(H,22,24)/i4D3. The number of halogens is 1. The zero-order valence-corrected chi connectivity index (χ0v) is 15.2. The number of hydrogen-bond acceptors (Lipinski definition) is 5. The molecule has 0 aliphatic heterocycles. The normalized spacial score (nSPS) is 13.0. The molecule has 2 rings (SSSR count). The molecule has 0 saturated carbocycles. The summed E-state index contributed by atoms with van der Waals surface area (Å²) in [6.07, 6.45) is -0.457. The number of aldehydes is 1. The Bertz CT molecular complexity index is 926. The summed E-state index contributed by atoms with van der Waals surface area (Å²) in [5.41, 5.74) is -0.128. The van der Waals surface area contributed by atoms with Crippen molar-refractivity contribution in [3.05, 3.63) is 53.3 Å². The predicted octanol–water partition coefficient (Wildman–Crippen LogP) is 4.57. The average molecular weight is 378 g/mol. The Morgan fingerprint density at radius 1 is 1.26 bits per heavy atom. The SMILES string of the molecule is [2H]C([2H])([2H])Oc1ccc(OCc2cccc(NC(=O)OC(C)(C)C)c2)c(F)c1C=O. The van der Waals surface area contributed by atoms with Crippen molar-refractivity contribution >= 4 is 18.1 Å². The van der Waals surface area contributed by atoms with Crippen LogP contribution in [0.25, 0.3) is 0 Å². The van der Waals surface area contributed by atoms with Gasteiger partial charge in [-0.2, -0.15) is 0 Å². The highest BCUT2D eigenvalue weighted by Crippen LogP contribution is 2.28. The van der Waals surface area contributed by atoms with Crippen LogP contribution < -0.4 is 14.8 Å². The number of hydrogen-bond donors (Lipinski definition) is 1. The second kappa shape index (κ2) is 8.53. The van der Waals surface area contributed by atoms with Crippen molar-refractivity contribution < 1.29 is 32.3 Å². The largest absolute Gasteiger partial charge is 0.496 e. The molecule has 2 aromatic rings. The molecule has 0 bridgehead atoms. The Balaban J connectivity index is 2.10. The van der Waals surface area contributed by atoms with Crippen LogP contribution in [0.3, 0.4) is 0 Å². The summed E-state index contributed by atoms with van der Waals surface area (Å²) in [6, 6.07) is 8.96. The van der Waals surface area contributed by atoms with Crippen molar-refractivity contribution in [2.75, 3.05) is 12.4 Å². The van der Waals surface area contributed by atoms with E-state index in [0.717, 1.165) is 6.07 Å². The molecular formula is C20H22FNO5. The molecule has 144 valence electrons. The third kappa shape index (κ3) is 5.70. The Morgan fingerprint density at radius 3 is 2.67 bits per heavy atom. The Kier molecular flexibility index (Phi) is 5.09. The van der Waals surface area contributed by atoms with E-state index in [9.17, 15) is 14.0 Å². The highest BCUT2D eigenvalue weighted by Gasteiger charge is 2.17. The number of amides is 1. The summed E-state index contributed by atoms with van der Waals surface area (Å²) in [4.78, 5) is 23.1. The molecule has 0 aliphatic carbocycles. The lowest BCUT2D eigenvalue weighted by molar-refractivity contribution is 0.0635. The molecule has 1 N–H and O–H groups in total. The maximum absolute atomic E-state index is 14.5. The number of nitrogens with one attached hydrogen (secondary N) is 1. The van der Waals surface area contributed by atoms with E-state index in [1.165, 1.54) is 6.07 Å². The molecule has 0 spiro atoms. The van der Waals surface area contributed by atoms with E-state index < -0.39 is 35.9 Å². The smallest absolute Gasteiger partial charge is 0.412 e. The Hall–Kier alpha value is -3.09. The maximum Gasteiger partial charge on any atom is 0.412 e. The molecule has 2 aromatic carbocycles. The van der Waals surface area contributed by atoms with Gasteiger partial charge < -0.3 is 14.2 Å². The third-order valence-corrected chi connectivity index (χ3v) is 3.30. The molecule has 0 aliphatic rings. The molecule has 6 nitrogen and oxygen atoms in total. The van der Waals surface area contributed by atoms with Crippen LogP contribution >= 0.6 is 0 Å². The highest BCUT2D eigenvalue weighted by atomic mass is 19.1. The van der Waals surface area contributed by atoms with Gasteiger partial charge in [0.2, 0.25) is 0 Å². The van der Waals surface area contributed by atoms with Crippen molar-refractivity contribution in [3.63, 3.8) is 0 Å². The fourth-order valence-corrected chi connectivity index (χ4v) is 2.19. The van der Waals surface area contributed by atoms with Gasteiger partial charge in [0.15, 0.2) is 17.9 Å². The molecule has 0 saturated heterocycles. The van der Waals surface area contributed by atoms with Crippen LogP contribution in [-0.4, -0.2) is 25.0 Å². The van der Waals surface area contributed by atoms with Crippen LogP contribution in [0.4, 0.5) is 14.9 Å². The molecule has 0 radical (unpaired) electrons. The molecule has 7 heteroatoms. The lowest BCUT2D eigenvalue weighted by Gasteiger charge is -2.19. The Labute approximate surface area is 161 Å². The monoisotopic (exact) mass is 378 g/mol. The fraction of sp³-hybridized carbons (Fsp3) is 0.300. The Morgan fingerprint density at radius 2 is 2.00 bits per heavy atom. The summed E-state index contributed by atoms with van der Waals surface area (Å²) in [6.45, 7) is 5.16. The van der Waals surface area contributed by atoms with Gasteiger partial charge in [-0.05, 0) is 50.6 Å². The average Bonchev–Trinajstić information content (AvgIpc) is 2.58. The predicted molar refractivity (Wildman–Crippen MR) is 99.0 cm³/mol. The zero-order valence-electron chi connectivity index (χ0n) is 18.2. The van der Waals surface area contributed by atoms with E-state index in [4.69, 9.17) is 13.6 Å². The molecular weight excluding hydrogens is 353 g/mol. The molecule has 1 amide bonds. The van der Waals surface area contributed by atoms with Crippen LogP contribution in [0.1, 0.15) is 40.8 Å². The number of ether oxygens (including phenoxy) is 3. The summed E-state index contributed by atoms with van der Waals surface area (Å²) in [7, 11) is -2.83. The van der Waals surface area contributed by atoms with Gasteiger partial charge in [-0.25, -0.2) is 9.18 Å². The number of methoxy groups -OCH3 is 1. The summed E-state index contributed by atoms with van der Waals surface area (Å²) >= 11 is 0. The van der Waals surface area contributed by atoms with Crippen LogP contribution in [0, 0.1) is 5.82 Å². The number of carbonyl (C=O) groups is 2.